The summed E-state index contributed by atoms with van der Waals surface area (Å²) in [6, 6.07) is 15.3. The summed E-state index contributed by atoms with van der Waals surface area (Å²) in [7, 11) is -3.22. The first-order valence-electron chi connectivity index (χ1n) is 24.8. The minimum absolute atomic E-state index is 0.0322. The van der Waals surface area contributed by atoms with Crippen LogP contribution in [0.5, 0.6) is 11.5 Å². The predicted octanol–water partition coefficient (Wildman–Crippen LogP) is 13.8. The molecule has 2 aromatic rings. The number of phosphoric acid groups is 1. The summed E-state index contributed by atoms with van der Waals surface area (Å²) < 4.78 is 60.3. The van der Waals surface area contributed by atoms with Gasteiger partial charge in [0.1, 0.15) is 48.6 Å². The van der Waals surface area contributed by atoms with E-state index in [9.17, 15) is 19.3 Å². The SMILES string of the molecule is CCCCCCCCCCCCCC(=O)O[C@@H](CCCCCCCCCCC)CCO[C@@H]1[C@H](NC(=O)OCC(Cl)(Cl)Cl)[C@@H](O)O[C@H](COC)[C@H]1OP(=O)(Oc1ccccc1)Oc1ccccc1. The third-order valence-corrected chi connectivity index (χ3v) is 13.2. The summed E-state index contributed by atoms with van der Waals surface area (Å²) >= 11 is 17.6. The molecule has 2 N–H and O–H groups in total. The standard InChI is InChI=1S/C50H79Cl3NO12P/c1-4-6-8-10-12-14-15-17-19-21-29-35-44(55)62-40(30-24-20-18-16-13-11-9-7-5-2)36-37-60-47-45(54-49(57)61-39-50(51,52)53)48(56)63-43(38-59-3)46(47)66-67(58,64-41-31-25-22-26-32-41)65-42-33-27-23-28-34-42/h22-23,25-28,31-34,40,43,45-48,56H,4-21,24,29-30,35-39H2,1-3H3,(H,54,57)/t40-,43+,45-,46+,47+,48-/m0/s1. The summed E-state index contributed by atoms with van der Waals surface area (Å²) in [6.45, 7) is 3.64. The van der Waals surface area contributed by atoms with Crippen LogP contribution in [0.15, 0.2) is 60.7 Å². The van der Waals surface area contributed by atoms with E-state index in [4.69, 9.17) is 72.1 Å². The molecule has 0 aliphatic carbocycles. The second kappa shape index (κ2) is 34.9. The first-order chi connectivity index (χ1) is 32.4. The van der Waals surface area contributed by atoms with Crippen molar-refractivity contribution >= 4 is 54.7 Å². The molecule has 13 nitrogen and oxygen atoms in total. The molecule has 0 aromatic heterocycles. The molecule has 1 aliphatic heterocycles. The van der Waals surface area contributed by atoms with Crippen molar-refractivity contribution in [3.8, 4) is 11.5 Å². The number of hydrogen-bond acceptors (Lipinski definition) is 12. The topological polar surface area (TPSA) is 157 Å². The monoisotopic (exact) mass is 1020 g/mol. The van der Waals surface area contributed by atoms with Gasteiger partial charge in [0.25, 0.3) is 0 Å². The van der Waals surface area contributed by atoms with Crippen molar-refractivity contribution < 1.29 is 56.5 Å². The molecule has 0 spiro atoms. The number of aliphatic hydroxyl groups is 1. The molecule has 0 bridgehead atoms. The highest BCUT2D eigenvalue weighted by atomic mass is 35.6. The molecular formula is C50H79Cl3NO12P. The Bertz CT molecular complexity index is 1580. The second-order valence-electron chi connectivity index (χ2n) is 17.3. The van der Waals surface area contributed by atoms with Crippen LogP contribution < -0.4 is 14.4 Å². The van der Waals surface area contributed by atoms with Crippen LogP contribution in [-0.2, 0) is 37.6 Å². The molecule has 2 aromatic carbocycles. The maximum atomic E-state index is 14.8. The molecule has 1 saturated heterocycles. The van der Waals surface area contributed by atoms with Gasteiger partial charge in [-0.25, -0.2) is 9.36 Å². The Balaban J connectivity index is 1.80. The number of hydrogen-bond donors (Lipinski definition) is 2. The number of phosphoric ester groups is 1. The molecule has 382 valence electrons. The zero-order chi connectivity index (χ0) is 48.6. The highest BCUT2D eigenvalue weighted by molar-refractivity contribution is 7.49. The van der Waals surface area contributed by atoms with Gasteiger partial charge in [-0.05, 0) is 43.5 Å². The molecule has 17 heteroatoms. The molecular weight excluding hydrogens is 944 g/mol. The highest BCUT2D eigenvalue weighted by Gasteiger charge is 2.52. The number of methoxy groups -OCH3 is 1. The number of ether oxygens (including phenoxy) is 5. The Morgan fingerprint density at radius 2 is 1.21 bits per heavy atom. The number of carbonyl (C=O) groups excluding carboxylic acids is 2. The Kier molecular flexibility index (Phi) is 30.7. The lowest BCUT2D eigenvalue weighted by atomic mass is 9.96. The Morgan fingerprint density at radius 3 is 1.70 bits per heavy atom. The number of rotatable bonds is 37. The van der Waals surface area contributed by atoms with Crippen LogP contribution >= 0.6 is 42.6 Å². The van der Waals surface area contributed by atoms with E-state index in [1.54, 1.807) is 60.7 Å². The van der Waals surface area contributed by atoms with Gasteiger partial charge >= 0.3 is 19.9 Å². The molecule has 1 amide bonds. The largest absolute Gasteiger partial charge is 0.588 e. The number of carbonyl (C=O) groups is 2. The molecule has 1 aliphatic rings. The Labute approximate surface area is 415 Å². The fourth-order valence-corrected chi connectivity index (χ4v) is 9.51. The number of alkyl halides is 3. The zero-order valence-electron chi connectivity index (χ0n) is 40.1. The third kappa shape index (κ3) is 26.5. The van der Waals surface area contributed by atoms with Crippen LogP contribution in [-0.4, -0.2) is 84.6 Å². The van der Waals surface area contributed by atoms with Crippen LogP contribution in [0.1, 0.15) is 162 Å². The van der Waals surface area contributed by atoms with Gasteiger partial charge in [-0.1, -0.05) is 201 Å². The number of benzene rings is 2. The number of amides is 1. The normalized spacial score (nSPS) is 19.1. The van der Waals surface area contributed by atoms with Crippen LogP contribution in [0.3, 0.4) is 0 Å². The van der Waals surface area contributed by atoms with Gasteiger partial charge in [-0.2, -0.15) is 0 Å². The zero-order valence-corrected chi connectivity index (χ0v) is 43.3. The molecule has 67 heavy (non-hydrogen) atoms. The Morgan fingerprint density at radius 1 is 0.716 bits per heavy atom. The number of alkyl carbamates (subject to hydrolysis) is 1. The average Bonchev–Trinajstić information content (AvgIpc) is 3.29. The van der Waals surface area contributed by atoms with Crippen molar-refractivity contribution in [2.45, 2.75) is 202 Å². The molecule has 1 heterocycles. The quantitative estimate of drug-likeness (QED) is 0.0286. The molecule has 0 unspecified atom stereocenters. The van der Waals surface area contributed by atoms with Gasteiger partial charge in [0.2, 0.25) is 3.79 Å². The molecule has 6 atom stereocenters. The lowest BCUT2D eigenvalue weighted by molar-refractivity contribution is -0.259. The Hall–Kier alpha value is -2.32. The van der Waals surface area contributed by atoms with Crippen molar-refractivity contribution in [2.24, 2.45) is 0 Å². The number of esters is 1. The maximum Gasteiger partial charge on any atom is 0.588 e. The van der Waals surface area contributed by atoms with E-state index in [0.29, 0.717) is 12.8 Å². The van der Waals surface area contributed by atoms with E-state index in [-0.39, 0.29) is 37.1 Å². The lowest BCUT2D eigenvalue weighted by Gasteiger charge is -2.44. The van der Waals surface area contributed by atoms with Crippen molar-refractivity contribution in [1.82, 2.24) is 5.32 Å². The first-order valence-corrected chi connectivity index (χ1v) is 27.4. The van der Waals surface area contributed by atoms with E-state index in [0.717, 1.165) is 44.9 Å². The summed E-state index contributed by atoms with van der Waals surface area (Å²) in [5.74, 6) is 0.102. The van der Waals surface area contributed by atoms with Gasteiger partial charge in [0.05, 0.1) is 13.2 Å². The summed E-state index contributed by atoms with van der Waals surface area (Å²) in [5.41, 5.74) is 0. The number of nitrogens with one attached hydrogen (secondary N) is 1. The van der Waals surface area contributed by atoms with E-state index in [1.165, 1.54) is 90.6 Å². The second-order valence-corrected chi connectivity index (χ2v) is 21.3. The number of para-hydroxylation sites is 2. The summed E-state index contributed by atoms with van der Waals surface area (Å²) in [5, 5.41) is 14.0. The number of aliphatic hydroxyl groups excluding tert-OH is 1. The molecule has 0 saturated carbocycles. The van der Waals surface area contributed by atoms with Gasteiger partial charge < -0.3 is 43.2 Å². The van der Waals surface area contributed by atoms with Crippen molar-refractivity contribution in [1.29, 1.82) is 0 Å². The van der Waals surface area contributed by atoms with Crippen LogP contribution in [0.4, 0.5) is 4.79 Å². The fourth-order valence-electron chi connectivity index (χ4n) is 7.91. The molecule has 1 fully saturated rings. The minimum Gasteiger partial charge on any atom is -0.462 e. The molecule has 0 radical (unpaired) electrons. The van der Waals surface area contributed by atoms with Gasteiger partial charge in [-0.3, -0.25) is 9.32 Å². The van der Waals surface area contributed by atoms with Gasteiger partial charge in [0, 0.05) is 20.0 Å². The van der Waals surface area contributed by atoms with E-state index < -0.39 is 61.1 Å². The minimum atomic E-state index is -4.64. The molecule has 3 rings (SSSR count). The lowest BCUT2D eigenvalue weighted by Crippen LogP contribution is -2.65. The smallest absolute Gasteiger partial charge is 0.462 e. The first kappa shape index (κ1) is 59.0. The third-order valence-electron chi connectivity index (χ3n) is 11.5. The number of unbranched alkanes of at least 4 members (excludes halogenated alkanes) is 18. The van der Waals surface area contributed by atoms with E-state index >= 15 is 0 Å². The number of halogens is 3. The van der Waals surface area contributed by atoms with Crippen LogP contribution in [0.25, 0.3) is 0 Å². The fraction of sp³-hybridized carbons (Fsp3) is 0.720. The van der Waals surface area contributed by atoms with Gasteiger partial charge in [-0.15, -0.1) is 0 Å². The van der Waals surface area contributed by atoms with Gasteiger partial charge in [0.15, 0.2) is 6.29 Å². The maximum absolute atomic E-state index is 14.8. The van der Waals surface area contributed by atoms with Crippen molar-refractivity contribution in [3.05, 3.63) is 60.7 Å². The van der Waals surface area contributed by atoms with E-state index in [1.807, 2.05) is 0 Å². The predicted molar refractivity (Wildman–Crippen MR) is 265 cm³/mol. The van der Waals surface area contributed by atoms with Crippen LogP contribution in [0.2, 0.25) is 0 Å². The highest BCUT2D eigenvalue weighted by Crippen LogP contribution is 2.52. The average molecular weight is 1020 g/mol. The van der Waals surface area contributed by atoms with Crippen molar-refractivity contribution in [3.63, 3.8) is 0 Å². The summed E-state index contributed by atoms with van der Waals surface area (Å²) in [6.07, 6.45) is 17.5. The summed E-state index contributed by atoms with van der Waals surface area (Å²) in [4.78, 5) is 26.5. The van der Waals surface area contributed by atoms with E-state index in [2.05, 4.69) is 19.2 Å². The van der Waals surface area contributed by atoms with Crippen molar-refractivity contribution in [2.75, 3.05) is 26.9 Å². The van der Waals surface area contributed by atoms with Crippen LogP contribution in [0, 0.1) is 0 Å².